The lowest BCUT2D eigenvalue weighted by Gasteiger charge is -2.01. The van der Waals surface area contributed by atoms with Crippen LogP contribution in [0.2, 0.25) is 0 Å². The Morgan fingerprint density at radius 2 is 1.90 bits per heavy atom. The molecule has 96 valence electrons. The fourth-order valence-corrected chi connectivity index (χ4v) is 3.30. The van der Waals surface area contributed by atoms with Crippen molar-refractivity contribution in [1.82, 2.24) is 4.98 Å². The number of aryl methyl sites for hydroxylation is 1. The Morgan fingerprint density at radius 3 is 2.90 bits per heavy atom. The molecule has 0 atom stereocenters. The third-order valence-corrected chi connectivity index (χ3v) is 4.25. The number of allylic oxidation sites excluding steroid dienone is 1. The van der Waals surface area contributed by atoms with E-state index in [1.807, 2.05) is 0 Å². The van der Waals surface area contributed by atoms with E-state index in [0.29, 0.717) is 0 Å². The summed E-state index contributed by atoms with van der Waals surface area (Å²) in [6.07, 6.45) is 6.51. The zero-order valence-electron chi connectivity index (χ0n) is 10.9. The molecule has 2 aromatic carbocycles. The van der Waals surface area contributed by atoms with Crippen molar-refractivity contribution in [3.05, 3.63) is 53.8 Å². The van der Waals surface area contributed by atoms with Gasteiger partial charge in [-0.1, -0.05) is 30.4 Å². The standard InChI is InChI=1S/C18H13NO/c1-3-7-15-11(5-1)13-10-18-14(9-16(13)19-15)12-6-2-4-8-17(12)20-18/h1-3,5-7,9-10,19H,4,8H2. The minimum atomic E-state index is 0.999. The number of aromatic nitrogens is 1. The summed E-state index contributed by atoms with van der Waals surface area (Å²) in [5.41, 5.74) is 4.62. The molecule has 1 aliphatic rings. The minimum absolute atomic E-state index is 0.999. The van der Waals surface area contributed by atoms with Gasteiger partial charge in [-0.2, -0.15) is 0 Å². The van der Waals surface area contributed by atoms with Gasteiger partial charge in [0.25, 0.3) is 0 Å². The number of H-pyrrole nitrogens is 1. The van der Waals surface area contributed by atoms with Crippen molar-refractivity contribution < 1.29 is 4.42 Å². The van der Waals surface area contributed by atoms with Crippen molar-refractivity contribution in [1.29, 1.82) is 0 Å². The van der Waals surface area contributed by atoms with E-state index in [4.69, 9.17) is 4.42 Å². The molecular formula is C18H13NO. The van der Waals surface area contributed by atoms with Gasteiger partial charge in [-0.15, -0.1) is 0 Å². The second-order valence-corrected chi connectivity index (χ2v) is 5.44. The Morgan fingerprint density at radius 1 is 0.950 bits per heavy atom. The lowest BCUT2D eigenvalue weighted by atomic mass is 10.0. The number of para-hydroxylation sites is 1. The molecule has 1 aliphatic carbocycles. The number of benzene rings is 2. The van der Waals surface area contributed by atoms with E-state index >= 15 is 0 Å². The molecule has 0 saturated heterocycles. The monoisotopic (exact) mass is 259 g/mol. The van der Waals surface area contributed by atoms with Crippen LogP contribution in [0.5, 0.6) is 0 Å². The van der Waals surface area contributed by atoms with Crippen LogP contribution in [-0.4, -0.2) is 4.98 Å². The van der Waals surface area contributed by atoms with Gasteiger partial charge in [0.1, 0.15) is 11.3 Å². The molecule has 2 aromatic heterocycles. The summed E-state index contributed by atoms with van der Waals surface area (Å²) < 4.78 is 6.05. The summed E-state index contributed by atoms with van der Waals surface area (Å²) in [6, 6.07) is 12.8. The highest BCUT2D eigenvalue weighted by atomic mass is 16.3. The smallest absolute Gasteiger partial charge is 0.135 e. The topological polar surface area (TPSA) is 28.9 Å². The van der Waals surface area contributed by atoms with Gasteiger partial charge in [-0.3, -0.25) is 0 Å². The Balaban J connectivity index is 1.96. The molecule has 0 aliphatic heterocycles. The fraction of sp³-hybridized carbons (Fsp3) is 0.111. The maximum absolute atomic E-state index is 6.05. The first kappa shape index (κ1) is 10.3. The minimum Gasteiger partial charge on any atom is -0.460 e. The van der Waals surface area contributed by atoms with Crippen LogP contribution in [0.1, 0.15) is 17.7 Å². The maximum atomic E-state index is 6.05. The van der Waals surface area contributed by atoms with Gasteiger partial charge >= 0.3 is 0 Å². The molecule has 2 nitrogen and oxygen atoms in total. The largest absolute Gasteiger partial charge is 0.460 e. The average Bonchev–Trinajstić information content (AvgIpc) is 3.02. The number of hydrogen-bond acceptors (Lipinski definition) is 1. The van der Waals surface area contributed by atoms with Gasteiger partial charge < -0.3 is 9.40 Å². The molecule has 0 radical (unpaired) electrons. The Bertz CT molecular complexity index is 1000. The van der Waals surface area contributed by atoms with Crippen molar-refractivity contribution >= 4 is 38.9 Å². The number of hydrogen-bond donors (Lipinski definition) is 1. The summed E-state index contributed by atoms with van der Waals surface area (Å²) >= 11 is 0. The highest BCUT2D eigenvalue weighted by Crippen LogP contribution is 2.35. The van der Waals surface area contributed by atoms with E-state index < -0.39 is 0 Å². The van der Waals surface area contributed by atoms with Crippen LogP contribution in [-0.2, 0) is 6.42 Å². The van der Waals surface area contributed by atoms with E-state index in [1.165, 1.54) is 32.8 Å². The zero-order valence-corrected chi connectivity index (χ0v) is 10.9. The molecule has 0 fully saturated rings. The first-order chi connectivity index (χ1) is 9.90. The van der Waals surface area contributed by atoms with E-state index in [1.54, 1.807) is 0 Å². The van der Waals surface area contributed by atoms with Gasteiger partial charge in [0, 0.05) is 39.2 Å². The number of nitrogens with one attached hydrogen (secondary N) is 1. The van der Waals surface area contributed by atoms with Crippen molar-refractivity contribution in [3.8, 4) is 0 Å². The van der Waals surface area contributed by atoms with Crippen LogP contribution in [0, 0.1) is 0 Å². The van der Waals surface area contributed by atoms with Crippen LogP contribution in [0.4, 0.5) is 0 Å². The highest BCUT2D eigenvalue weighted by molar-refractivity contribution is 6.12. The molecule has 0 spiro atoms. The third-order valence-electron chi connectivity index (χ3n) is 4.25. The molecule has 4 aromatic rings. The molecule has 0 bridgehead atoms. The van der Waals surface area contributed by atoms with Crippen molar-refractivity contribution in [2.24, 2.45) is 0 Å². The molecule has 0 unspecified atom stereocenters. The highest BCUT2D eigenvalue weighted by Gasteiger charge is 2.16. The molecule has 2 heterocycles. The molecule has 5 rings (SSSR count). The molecule has 0 saturated carbocycles. The van der Waals surface area contributed by atoms with E-state index in [0.717, 1.165) is 24.2 Å². The molecule has 2 heteroatoms. The van der Waals surface area contributed by atoms with Crippen LogP contribution >= 0.6 is 0 Å². The summed E-state index contributed by atoms with van der Waals surface area (Å²) in [7, 11) is 0. The summed E-state index contributed by atoms with van der Waals surface area (Å²) in [4.78, 5) is 3.50. The van der Waals surface area contributed by atoms with Gasteiger partial charge in [-0.05, 0) is 24.6 Å². The van der Waals surface area contributed by atoms with Crippen LogP contribution in [0.3, 0.4) is 0 Å². The lowest BCUT2D eigenvalue weighted by Crippen LogP contribution is -1.88. The quantitative estimate of drug-likeness (QED) is 0.471. The van der Waals surface area contributed by atoms with Crippen molar-refractivity contribution in [2.75, 3.05) is 0 Å². The molecule has 20 heavy (non-hydrogen) atoms. The number of rotatable bonds is 0. The van der Waals surface area contributed by atoms with Crippen LogP contribution in [0.25, 0.3) is 38.9 Å². The van der Waals surface area contributed by atoms with Crippen molar-refractivity contribution in [3.63, 3.8) is 0 Å². The Hall–Kier alpha value is -2.48. The number of fused-ring (bicyclic) bond motifs is 6. The lowest BCUT2D eigenvalue weighted by molar-refractivity contribution is 0.546. The Labute approximate surface area is 115 Å². The second-order valence-electron chi connectivity index (χ2n) is 5.44. The number of aromatic amines is 1. The molecule has 1 N–H and O–H groups in total. The summed E-state index contributed by atoms with van der Waals surface area (Å²) in [5, 5.41) is 3.72. The first-order valence-electron chi connectivity index (χ1n) is 7.02. The predicted molar refractivity (Wildman–Crippen MR) is 82.9 cm³/mol. The maximum Gasteiger partial charge on any atom is 0.135 e. The third kappa shape index (κ3) is 1.23. The Kier molecular flexibility index (Phi) is 1.83. The summed E-state index contributed by atoms with van der Waals surface area (Å²) in [5.74, 6) is 1.12. The first-order valence-corrected chi connectivity index (χ1v) is 7.02. The zero-order chi connectivity index (χ0) is 13.1. The second kappa shape index (κ2) is 3.54. The van der Waals surface area contributed by atoms with Gasteiger partial charge in [0.05, 0.1) is 0 Å². The van der Waals surface area contributed by atoms with Crippen LogP contribution < -0.4 is 0 Å². The van der Waals surface area contributed by atoms with E-state index in [-0.39, 0.29) is 0 Å². The predicted octanol–water partition coefficient (Wildman–Crippen LogP) is 5.03. The fourth-order valence-electron chi connectivity index (χ4n) is 3.30. The number of furan rings is 1. The normalized spacial score (nSPS) is 14.4. The van der Waals surface area contributed by atoms with Crippen LogP contribution in [0.15, 0.2) is 46.9 Å². The van der Waals surface area contributed by atoms with E-state index in [2.05, 4.69) is 53.5 Å². The summed E-state index contributed by atoms with van der Waals surface area (Å²) in [6.45, 7) is 0. The molecule has 0 amide bonds. The SMILES string of the molecule is C1=Cc2c(oc3cc4c(cc23)[nH]c2ccccc24)CC1. The van der Waals surface area contributed by atoms with Crippen molar-refractivity contribution in [2.45, 2.75) is 12.8 Å². The van der Waals surface area contributed by atoms with Gasteiger partial charge in [0.2, 0.25) is 0 Å². The van der Waals surface area contributed by atoms with Gasteiger partial charge in [-0.25, -0.2) is 0 Å². The molecular weight excluding hydrogens is 246 g/mol. The van der Waals surface area contributed by atoms with E-state index in [9.17, 15) is 0 Å². The van der Waals surface area contributed by atoms with Gasteiger partial charge in [0.15, 0.2) is 0 Å². The average molecular weight is 259 g/mol.